The van der Waals surface area contributed by atoms with E-state index in [1.54, 1.807) is 21.3 Å². The first-order valence-corrected chi connectivity index (χ1v) is 12.4. The molecule has 3 rings (SSSR count). The van der Waals surface area contributed by atoms with Gasteiger partial charge in [-0.05, 0) is 62.9 Å². The SMILES string of the molecule is COc1cc(CC(O)CN2CCN(C(C)(C)C(=O)Nc3c(C)cccc3C)CC2)cc(OC)c1OC. The van der Waals surface area contributed by atoms with Crippen molar-refractivity contribution in [3.8, 4) is 17.2 Å². The van der Waals surface area contributed by atoms with E-state index in [1.807, 2.05) is 58.0 Å². The summed E-state index contributed by atoms with van der Waals surface area (Å²) in [4.78, 5) is 17.7. The number of aliphatic hydroxyl groups excluding tert-OH is 1. The molecule has 1 saturated heterocycles. The van der Waals surface area contributed by atoms with Crippen molar-refractivity contribution in [2.75, 3.05) is 59.4 Å². The Hall–Kier alpha value is -2.81. The first-order valence-electron chi connectivity index (χ1n) is 12.4. The number of ether oxygens (including phenoxy) is 3. The quantitative estimate of drug-likeness (QED) is 0.519. The fourth-order valence-corrected chi connectivity index (χ4v) is 4.80. The number of piperazine rings is 1. The van der Waals surface area contributed by atoms with Crippen LogP contribution in [0.25, 0.3) is 0 Å². The lowest BCUT2D eigenvalue weighted by atomic mass is 9.99. The maximum absolute atomic E-state index is 13.2. The van der Waals surface area contributed by atoms with Crippen LogP contribution < -0.4 is 19.5 Å². The fraction of sp³-hybridized carbons (Fsp3) is 0.536. The van der Waals surface area contributed by atoms with Gasteiger partial charge < -0.3 is 24.6 Å². The highest BCUT2D eigenvalue weighted by molar-refractivity contribution is 5.98. The van der Waals surface area contributed by atoms with Crippen LogP contribution in [-0.2, 0) is 11.2 Å². The van der Waals surface area contributed by atoms with Gasteiger partial charge >= 0.3 is 0 Å². The molecule has 0 bridgehead atoms. The molecule has 8 nitrogen and oxygen atoms in total. The predicted molar refractivity (Wildman–Crippen MR) is 142 cm³/mol. The summed E-state index contributed by atoms with van der Waals surface area (Å²) in [5.74, 6) is 1.69. The summed E-state index contributed by atoms with van der Waals surface area (Å²) in [6.45, 7) is 11.6. The van der Waals surface area contributed by atoms with E-state index in [0.717, 1.165) is 48.6 Å². The highest BCUT2D eigenvalue weighted by Gasteiger charge is 2.37. The van der Waals surface area contributed by atoms with Gasteiger partial charge in [0.05, 0.1) is 33.0 Å². The number of methoxy groups -OCH3 is 3. The second-order valence-electron chi connectivity index (χ2n) is 9.96. The van der Waals surface area contributed by atoms with Crippen LogP contribution in [0.3, 0.4) is 0 Å². The van der Waals surface area contributed by atoms with Crippen molar-refractivity contribution < 1.29 is 24.1 Å². The number of para-hydroxylation sites is 1. The molecule has 36 heavy (non-hydrogen) atoms. The largest absolute Gasteiger partial charge is 0.493 e. The van der Waals surface area contributed by atoms with E-state index in [0.29, 0.717) is 30.2 Å². The molecular formula is C28H41N3O5. The second-order valence-corrected chi connectivity index (χ2v) is 9.96. The molecule has 2 N–H and O–H groups in total. The summed E-state index contributed by atoms with van der Waals surface area (Å²) in [5, 5.41) is 14.0. The predicted octanol–water partition coefficient (Wildman–Crippen LogP) is 3.27. The number of hydrogen-bond acceptors (Lipinski definition) is 7. The van der Waals surface area contributed by atoms with Gasteiger partial charge in [0.2, 0.25) is 11.7 Å². The molecule has 0 aliphatic carbocycles. The first-order chi connectivity index (χ1) is 17.1. The van der Waals surface area contributed by atoms with E-state index in [2.05, 4.69) is 15.1 Å². The topological polar surface area (TPSA) is 83.5 Å². The summed E-state index contributed by atoms with van der Waals surface area (Å²) >= 11 is 0. The molecule has 1 aliphatic heterocycles. The third kappa shape index (κ3) is 6.30. The van der Waals surface area contributed by atoms with Crippen molar-refractivity contribution in [3.63, 3.8) is 0 Å². The van der Waals surface area contributed by atoms with E-state index >= 15 is 0 Å². The third-order valence-electron chi connectivity index (χ3n) is 7.10. The van der Waals surface area contributed by atoms with Crippen molar-refractivity contribution in [3.05, 3.63) is 47.0 Å². The molecule has 198 valence electrons. The fourth-order valence-electron chi connectivity index (χ4n) is 4.80. The minimum atomic E-state index is -0.643. The van der Waals surface area contributed by atoms with Crippen LogP contribution in [0, 0.1) is 13.8 Å². The van der Waals surface area contributed by atoms with Crippen LogP contribution in [0.15, 0.2) is 30.3 Å². The number of hydrogen-bond donors (Lipinski definition) is 2. The molecule has 1 fully saturated rings. The smallest absolute Gasteiger partial charge is 0.244 e. The zero-order chi connectivity index (χ0) is 26.5. The number of amides is 1. The zero-order valence-corrected chi connectivity index (χ0v) is 22.7. The highest BCUT2D eigenvalue weighted by Crippen LogP contribution is 2.38. The van der Waals surface area contributed by atoms with Gasteiger partial charge in [0.25, 0.3) is 0 Å². The Bertz CT molecular complexity index is 1000. The number of anilines is 1. The molecule has 1 aliphatic rings. The van der Waals surface area contributed by atoms with Crippen LogP contribution in [0.1, 0.15) is 30.5 Å². The summed E-state index contributed by atoms with van der Waals surface area (Å²) in [6.07, 6.45) is -0.0691. The van der Waals surface area contributed by atoms with Gasteiger partial charge in [-0.2, -0.15) is 0 Å². The lowest BCUT2D eigenvalue weighted by molar-refractivity contribution is -0.127. The zero-order valence-electron chi connectivity index (χ0n) is 22.7. The van der Waals surface area contributed by atoms with Crippen molar-refractivity contribution in [1.29, 1.82) is 0 Å². The van der Waals surface area contributed by atoms with Crippen LogP contribution in [0.4, 0.5) is 5.69 Å². The van der Waals surface area contributed by atoms with E-state index in [1.165, 1.54) is 0 Å². The van der Waals surface area contributed by atoms with Crippen LogP contribution >= 0.6 is 0 Å². The molecule has 2 aromatic carbocycles. The van der Waals surface area contributed by atoms with Crippen LogP contribution in [-0.4, -0.2) is 86.5 Å². The van der Waals surface area contributed by atoms with Crippen molar-refractivity contribution in [2.45, 2.75) is 45.8 Å². The summed E-state index contributed by atoms with van der Waals surface area (Å²) < 4.78 is 16.2. The Labute approximate surface area is 215 Å². The molecule has 8 heteroatoms. The second kappa shape index (κ2) is 12.0. The number of aliphatic hydroxyl groups is 1. The normalized spacial score (nSPS) is 15.9. The average molecular weight is 500 g/mol. The van der Waals surface area contributed by atoms with Gasteiger partial charge in [-0.15, -0.1) is 0 Å². The molecule has 1 atom stereocenters. The van der Waals surface area contributed by atoms with Crippen LogP contribution in [0.2, 0.25) is 0 Å². The number of rotatable bonds is 10. The Balaban J connectivity index is 1.56. The Morgan fingerprint density at radius 1 is 1.00 bits per heavy atom. The summed E-state index contributed by atoms with van der Waals surface area (Å²) in [7, 11) is 4.74. The highest BCUT2D eigenvalue weighted by atomic mass is 16.5. The monoisotopic (exact) mass is 499 g/mol. The first kappa shape index (κ1) is 27.8. The number of nitrogens with zero attached hydrogens (tertiary/aromatic N) is 2. The number of nitrogens with one attached hydrogen (secondary N) is 1. The Morgan fingerprint density at radius 3 is 2.06 bits per heavy atom. The molecule has 0 saturated carbocycles. The van der Waals surface area contributed by atoms with E-state index in [-0.39, 0.29) is 5.91 Å². The van der Waals surface area contributed by atoms with Gasteiger partial charge in [0.15, 0.2) is 11.5 Å². The number of carbonyl (C=O) groups is 1. The molecule has 0 spiro atoms. The Kier molecular flexibility index (Phi) is 9.22. The van der Waals surface area contributed by atoms with E-state index < -0.39 is 11.6 Å². The van der Waals surface area contributed by atoms with Gasteiger partial charge in [-0.25, -0.2) is 0 Å². The van der Waals surface area contributed by atoms with Gasteiger partial charge in [-0.1, -0.05) is 18.2 Å². The number of carbonyl (C=O) groups excluding carboxylic acids is 1. The third-order valence-corrected chi connectivity index (χ3v) is 7.10. The van der Waals surface area contributed by atoms with Crippen molar-refractivity contribution >= 4 is 11.6 Å². The molecule has 1 amide bonds. The molecule has 1 unspecified atom stereocenters. The summed E-state index contributed by atoms with van der Waals surface area (Å²) in [6, 6.07) is 9.77. The molecule has 1 heterocycles. The maximum atomic E-state index is 13.2. The number of benzene rings is 2. The minimum Gasteiger partial charge on any atom is -0.493 e. The number of β-amino-alcohol motifs (C(OH)–C–C–N with tert-alkyl or cyclic N) is 1. The van der Waals surface area contributed by atoms with Crippen LogP contribution in [0.5, 0.6) is 17.2 Å². The summed E-state index contributed by atoms with van der Waals surface area (Å²) in [5.41, 5.74) is 3.29. The van der Waals surface area contributed by atoms with Crippen molar-refractivity contribution in [2.24, 2.45) is 0 Å². The molecule has 2 aromatic rings. The Morgan fingerprint density at radius 2 is 1.56 bits per heavy atom. The molecular weight excluding hydrogens is 458 g/mol. The average Bonchev–Trinajstić information content (AvgIpc) is 2.85. The van der Waals surface area contributed by atoms with Crippen molar-refractivity contribution in [1.82, 2.24) is 9.80 Å². The standard InChI is InChI=1S/C28H41N3O5/c1-19-9-8-10-20(2)25(19)29-27(33)28(3,4)31-13-11-30(12-14-31)18-22(32)15-21-16-23(34-5)26(36-7)24(17-21)35-6/h8-10,16-17,22,32H,11-15,18H2,1-7H3,(H,29,33). The maximum Gasteiger partial charge on any atom is 0.244 e. The van der Waals surface area contributed by atoms with E-state index in [4.69, 9.17) is 14.2 Å². The molecule has 0 aromatic heterocycles. The molecule has 0 radical (unpaired) electrons. The van der Waals surface area contributed by atoms with Gasteiger partial charge in [0, 0.05) is 38.4 Å². The van der Waals surface area contributed by atoms with Gasteiger partial charge in [-0.3, -0.25) is 14.6 Å². The lowest BCUT2D eigenvalue weighted by Gasteiger charge is -2.43. The minimum absolute atomic E-state index is 0.00390. The van der Waals surface area contributed by atoms with Gasteiger partial charge in [0.1, 0.15) is 0 Å². The lowest BCUT2D eigenvalue weighted by Crippen LogP contribution is -2.59. The number of aryl methyl sites for hydroxylation is 2. The van der Waals surface area contributed by atoms with E-state index in [9.17, 15) is 9.90 Å².